The van der Waals surface area contributed by atoms with Crippen LogP contribution in [0.1, 0.15) is 31.8 Å². The number of amides is 2. The highest BCUT2D eigenvalue weighted by Gasteiger charge is 2.31. The maximum absolute atomic E-state index is 12.8. The van der Waals surface area contributed by atoms with E-state index in [0.29, 0.717) is 6.54 Å². The summed E-state index contributed by atoms with van der Waals surface area (Å²) in [6.07, 6.45) is 0.169. The number of para-hydroxylation sites is 1. The fourth-order valence-electron chi connectivity index (χ4n) is 2.80. The second-order valence-electron chi connectivity index (χ2n) is 6.42. The summed E-state index contributed by atoms with van der Waals surface area (Å²) in [4.78, 5) is 27.9. The van der Waals surface area contributed by atoms with Crippen LogP contribution in [0.15, 0.2) is 45.7 Å². The number of benzene rings is 1. The Balaban J connectivity index is 1.70. The molecular formula is C19H22N2O3S. The average Bonchev–Trinajstić information content (AvgIpc) is 2.98. The Morgan fingerprint density at radius 3 is 2.72 bits per heavy atom. The third-order valence-electron chi connectivity index (χ3n) is 4.13. The van der Waals surface area contributed by atoms with Gasteiger partial charge in [0.2, 0.25) is 11.8 Å². The molecule has 0 spiro atoms. The van der Waals surface area contributed by atoms with Crippen molar-refractivity contribution in [1.29, 1.82) is 0 Å². The normalized spacial score (nSPS) is 16.5. The highest BCUT2D eigenvalue weighted by Crippen LogP contribution is 2.37. The molecular weight excluding hydrogens is 336 g/mol. The molecule has 2 heterocycles. The van der Waals surface area contributed by atoms with E-state index < -0.39 is 5.25 Å². The van der Waals surface area contributed by atoms with Gasteiger partial charge in [0.25, 0.3) is 0 Å². The van der Waals surface area contributed by atoms with Crippen LogP contribution in [0.3, 0.4) is 0 Å². The third kappa shape index (κ3) is 4.07. The Morgan fingerprint density at radius 2 is 2.04 bits per heavy atom. The van der Waals surface area contributed by atoms with Gasteiger partial charge in [0, 0.05) is 17.4 Å². The molecule has 1 aromatic carbocycles. The van der Waals surface area contributed by atoms with E-state index in [4.69, 9.17) is 4.42 Å². The van der Waals surface area contributed by atoms with Crippen LogP contribution in [0.4, 0.5) is 5.69 Å². The zero-order valence-electron chi connectivity index (χ0n) is 14.6. The van der Waals surface area contributed by atoms with Crippen LogP contribution in [0.5, 0.6) is 0 Å². The molecule has 0 saturated carbocycles. The standard InChI is InChI=1S/C19H22N2O3S/c1-12(2)21(11-14-9-8-13(3)24-14)18(22)10-17-19(23)20-15-6-4-5-7-16(15)25-17/h4-9,12,17H,10-11H2,1-3H3,(H,20,23)/t17-/m1/s1. The van der Waals surface area contributed by atoms with Crippen molar-refractivity contribution in [2.24, 2.45) is 0 Å². The van der Waals surface area contributed by atoms with Crippen molar-refractivity contribution < 1.29 is 14.0 Å². The number of thioether (sulfide) groups is 1. The Kier molecular flexibility index (Phi) is 5.18. The number of aryl methyl sites for hydroxylation is 1. The van der Waals surface area contributed by atoms with E-state index in [-0.39, 0.29) is 24.3 Å². The van der Waals surface area contributed by atoms with E-state index in [1.807, 2.05) is 57.2 Å². The van der Waals surface area contributed by atoms with Crippen molar-refractivity contribution in [2.45, 2.75) is 49.9 Å². The number of carbonyl (C=O) groups excluding carboxylic acids is 2. The van der Waals surface area contributed by atoms with Gasteiger partial charge in [-0.1, -0.05) is 12.1 Å². The summed E-state index contributed by atoms with van der Waals surface area (Å²) < 4.78 is 5.59. The third-order valence-corrected chi connectivity index (χ3v) is 5.41. The Bertz CT molecular complexity index is 784. The first-order valence-corrected chi connectivity index (χ1v) is 9.23. The number of rotatable bonds is 5. The molecule has 5 nitrogen and oxygen atoms in total. The number of fused-ring (bicyclic) bond motifs is 1. The molecule has 25 heavy (non-hydrogen) atoms. The molecule has 1 aliphatic heterocycles. The van der Waals surface area contributed by atoms with Crippen molar-refractivity contribution in [1.82, 2.24) is 4.90 Å². The molecule has 0 saturated heterocycles. The number of hydrogen-bond acceptors (Lipinski definition) is 4. The predicted octanol–water partition coefficient (Wildman–Crippen LogP) is 3.83. The lowest BCUT2D eigenvalue weighted by Crippen LogP contribution is -2.40. The summed E-state index contributed by atoms with van der Waals surface area (Å²) in [5.74, 6) is 1.42. The number of furan rings is 1. The molecule has 0 bridgehead atoms. The van der Waals surface area contributed by atoms with Crippen molar-refractivity contribution >= 4 is 29.3 Å². The summed E-state index contributed by atoms with van der Waals surface area (Å²) in [6.45, 7) is 6.24. The molecule has 1 aromatic heterocycles. The summed E-state index contributed by atoms with van der Waals surface area (Å²) >= 11 is 1.45. The number of nitrogens with zero attached hydrogens (tertiary/aromatic N) is 1. The molecule has 0 radical (unpaired) electrons. The lowest BCUT2D eigenvalue weighted by atomic mass is 10.2. The molecule has 0 aliphatic carbocycles. The minimum Gasteiger partial charge on any atom is -0.464 e. The van der Waals surface area contributed by atoms with E-state index >= 15 is 0 Å². The van der Waals surface area contributed by atoms with Crippen LogP contribution in [-0.4, -0.2) is 28.0 Å². The van der Waals surface area contributed by atoms with E-state index in [1.54, 1.807) is 4.90 Å². The average molecular weight is 358 g/mol. The molecule has 132 valence electrons. The van der Waals surface area contributed by atoms with Gasteiger partial charge in [0.1, 0.15) is 11.5 Å². The van der Waals surface area contributed by atoms with Crippen LogP contribution in [0, 0.1) is 6.92 Å². The zero-order valence-corrected chi connectivity index (χ0v) is 15.4. The first kappa shape index (κ1) is 17.6. The molecule has 2 aromatic rings. The van der Waals surface area contributed by atoms with Gasteiger partial charge in [-0.15, -0.1) is 11.8 Å². The largest absolute Gasteiger partial charge is 0.464 e. The van der Waals surface area contributed by atoms with Crippen molar-refractivity contribution in [2.75, 3.05) is 5.32 Å². The maximum atomic E-state index is 12.8. The summed E-state index contributed by atoms with van der Waals surface area (Å²) in [5, 5.41) is 2.47. The fraction of sp³-hybridized carbons (Fsp3) is 0.368. The van der Waals surface area contributed by atoms with Crippen molar-refractivity contribution in [3.63, 3.8) is 0 Å². The number of anilines is 1. The quantitative estimate of drug-likeness (QED) is 0.882. The van der Waals surface area contributed by atoms with E-state index in [1.165, 1.54) is 11.8 Å². The Hall–Kier alpha value is -2.21. The monoisotopic (exact) mass is 358 g/mol. The molecule has 0 fully saturated rings. The van der Waals surface area contributed by atoms with Gasteiger partial charge in [0.15, 0.2) is 0 Å². The number of nitrogens with one attached hydrogen (secondary N) is 1. The van der Waals surface area contributed by atoms with Crippen molar-refractivity contribution in [3.05, 3.63) is 47.9 Å². The van der Waals surface area contributed by atoms with Crippen LogP contribution >= 0.6 is 11.8 Å². The van der Waals surface area contributed by atoms with Gasteiger partial charge < -0.3 is 14.6 Å². The molecule has 1 aliphatic rings. The summed E-state index contributed by atoms with van der Waals surface area (Å²) in [5.41, 5.74) is 0.813. The number of hydrogen-bond donors (Lipinski definition) is 1. The topological polar surface area (TPSA) is 62.6 Å². The summed E-state index contributed by atoms with van der Waals surface area (Å²) in [7, 11) is 0. The first-order chi connectivity index (χ1) is 11.9. The Labute approximate surface area is 151 Å². The second kappa shape index (κ2) is 7.35. The zero-order chi connectivity index (χ0) is 18.0. The van der Waals surface area contributed by atoms with Gasteiger partial charge in [-0.3, -0.25) is 9.59 Å². The van der Waals surface area contributed by atoms with E-state index in [9.17, 15) is 9.59 Å². The maximum Gasteiger partial charge on any atom is 0.238 e. The SMILES string of the molecule is Cc1ccc(CN(C(=O)C[C@H]2Sc3ccccc3NC2=O)C(C)C)o1. The van der Waals surface area contributed by atoms with Crippen LogP contribution in [-0.2, 0) is 16.1 Å². The fourth-order valence-corrected chi connectivity index (χ4v) is 3.90. The molecule has 1 N–H and O–H groups in total. The molecule has 6 heteroatoms. The van der Waals surface area contributed by atoms with Crippen molar-refractivity contribution in [3.8, 4) is 0 Å². The molecule has 3 rings (SSSR count). The lowest BCUT2D eigenvalue weighted by molar-refractivity contribution is -0.135. The lowest BCUT2D eigenvalue weighted by Gasteiger charge is -2.29. The van der Waals surface area contributed by atoms with Gasteiger partial charge in [0.05, 0.1) is 17.5 Å². The van der Waals surface area contributed by atoms with Gasteiger partial charge in [-0.2, -0.15) is 0 Å². The highest BCUT2D eigenvalue weighted by atomic mass is 32.2. The smallest absolute Gasteiger partial charge is 0.238 e. The minimum atomic E-state index is -0.415. The molecule has 2 amide bonds. The summed E-state index contributed by atoms with van der Waals surface area (Å²) in [6, 6.07) is 11.5. The second-order valence-corrected chi connectivity index (χ2v) is 7.67. The van der Waals surface area contributed by atoms with Gasteiger partial charge in [-0.25, -0.2) is 0 Å². The minimum absolute atomic E-state index is 0.0295. The highest BCUT2D eigenvalue weighted by molar-refractivity contribution is 8.01. The van der Waals surface area contributed by atoms with Gasteiger partial charge >= 0.3 is 0 Å². The van der Waals surface area contributed by atoms with Crippen LogP contribution in [0.2, 0.25) is 0 Å². The van der Waals surface area contributed by atoms with Gasteiger partial charge in [-0.05, 0) is 45.0 Å². The molecule has 1 atom stereocenters. The molecule has 0 unspecified atom stereocenters. The van der Waals surface area contributed by atoms with Crippen LogP contribution in [0.25, 0.3) is 0 Å². The van der Waals surface area contributed by atoms with Crippen LogP contribution < -0.4 is 5.32 Å². The predicted molar refractivity (Wildman–Crippen MR) is 98.5 cm³/mol. The first-order valence-electron chi connectivity index (χ1n) is 8.35. The number of carbonyl (C=O) groups is 2. The van der Waals surface area contributed by atoms with E-state index in [2.05, 4.69) is 5.32 Å². The van der Waals surface area contributed by atoms with E-state index in [0.717, 1.165) is 22.1 Å². The Morgan fingerprint density at radius 1 is 1.28 bits per heavy atom.